The second-order valence-corrected chi connectivity index (χ2v) is 8.03. The molecule has 1 saturated heterocycles. The SMILES string of the molecule is C[C@@H](C[C@H](NC(=O)[C@H](COC(F)F)NC(=O)[CH]Cc1ccccc1)C(=O)[C@@]1(C)CO1)C(N)=O. The largest absolute Gasteiger partial charge is 0.369 e. The molecule has 9 nitrogen and oxygen atoms in total. The fourth-order valence-corrected chi connectivity index (χ4v) is 3.00. The van der Waals surface area contributed by atoms with Crippen molar-refractivity contribution in [3.05, 3.63) is 42.3 Å². The molecule has 2 rings (SSSR count). The molecule has 3 amide bonds. The number of amides is 3. The van der Waals surface area contributed by atoms with Crippen LogP contribution < -0.4 is 16.4 Å². The van der Waals surface area contributed by atoms with E-state index in [1.54, 1.807) is 24.3 Å². The normalized spacial score (nSPS) is 19.9. The highest BCUT2D eigenvalue weighted by Crippen LogP contribution is 2.29. The summed E-state index contributed by atoms with van der Waals surface area (Å²) in [6, 6.07) is 6.31. The molecule has 1 aliphatic rings. The van der Waals surface area contributed by atoms with Gasteiger partial charge in [-0.3, -0.25) is 19.2 Å². The lowest BCUT2D eigenvalue weighted by molar-refractivity contribution is -0.148. The van der Waals surface area contributed by atoms with Gasteiger partial charge in [-0.15, -0.1) is 0 Å². The summed E-state index contributed by atoms with van der Waals surface area (Å²) in [4.78, 5) is 49.3. The van der Waals surface area contributed by atoms with E-state index in [0.717, 1.165) is 5.56 Å². The van der Waals surface area contributed by atoms with Gasteiger partial charge < -0.3 is 25.8 Å². The van der Waals surface area contributed by atoms with E-state index in [1.807, 2.05) is 6.07 Å². The summed E-state index contributed by atoms with van der Waals surface area (Å²) in [5, 5.41) is 4.74. The first-order chi connectivity index (χ1) is 15.5. The van der Waals surface area contributed by atoms with E-state index < -0.39 is 60.3 Å². The smallest absolute Gasteiger partial charge is 0.345 e. The predicted octanol–water partition coefficient (Wildman–Crippen LogP) is 0.512. The highest BCUT2D eigenvalue weighted by molar-refractivity contribution is 5.98. The molecule has 0 spiro atoms. The molecule has 1 radical (unpaired) electrons. The maximum absolute atomic E-state index is 12.8. The molecule has 1 aromatic rings. The number of hydrogen-bond donors (Lipinski definition) is 3. The van der Waals surface area contributed by atoms with Gasteiger partial charge in [0, 0.05) is 5.92 Å². The number of benzene rings is 1. The van der Waals surface area contributed by atoms with Gasteiger partial charge in [0.25, 0.3) is 0 Å². The van der Waals surface area contributed by atoms with Gasteiger partial charge in [-0.1, -0.05) is 37.3 Å². The maximum atomic E-state index is 12.8. The lowest BCUT2D eigenvalue weighted by Gasteiger charge is -2.25. The third-order valence-corrected chi connectivity index (χ3v) is 5.19. The molecular weight excluding hydrogens is 440 g/mol. The zero-order valence-corrected chi connectivity index (χ0v) is 18.4. The minimum atomic E-state index is -3.17. The summed E-state index contributed by atoms with van der Waals surface area (Å²) in [5.74, 6) is -3.52. The lowest BCUT2D eigenvalue weighted by atomic mass is 9.92. The van der Waals surface area contributed by atoms with Crippen LogP contribution in [0.15, 0.2) is 30.3 Å². The number of ether oxygens (including phenoxy) is 2. The Morgan fingerprint density at radius 2 is 1.82 bits per heavy atom. The summed E-state index contributed by atoms with van der Waals surface area (Å²) < 4.78 is 34.5. The zero-order chi connectivity index (χ0) is 24.6. The number of carbonyl (C=O) groups is 4. The number of rotatable bonds is 14. The van der Waals surface area contributed by atoms with Crippen molar-refractivity contribution in [1.82, 2.24) is 10.6 Å². The van der Waals surface area contributed by atoms with Gasteiger partial charge in [-0.2, -0.15) is 8.78 Å². The third-order valence-electron chi connectivity index (χ3n) is 5.19. The van der Waals surface area contributed by atoms with Crippen LogP contribution in [-0.4, -0.2) is 61.0 Å². The van der Waals surface area contributed by atoms with Crippen molar-refractivity contribution in [3.63, 3.8) is 0 Å². The quantitative estimate of drug-likeness (QED) is 0.340. The van der Waals surface area contributed by atoms with Crippen molar-refractivity contribution in [3.8, 4) is 0 Å². The van der Waals surface area contributed by atoms with Gasteiger partial charge >= 0.3 is 6.61 Å². The summed E-state index contributed by atoms with van der Waals surface area (Å²) >= 11 is 0. The molecule has 11 heteroatoms. The molecule has 0 aliphatic carbocycles. The second kappa shape index (κ2) is 11.8. The molecule has 0 bridgehead atoms. The van der Waals surface area contributed by atoms with Crippen molar-refractivity contribution in [1.29, 1.82) is 0 Å². The van der Waals surface area contributed by atoms with E-state index in [1.165, 1.54) is 20.3 Å². The van der Waals surface area contributed by atoms with Crippen molar-refractivity contribution >= 4 is 23.5 Å². The molecule has 1 aliphatic heterocycles. The van der Waals surface area contributed by atoms with Gasteiger partial charge in [0.15, 0.2) is 5.78 Å². The van der Waals surface area contributed by atoms with Crippen molar-refractivity contribution < 1.29 is 37.4 Å². The number of nitrogens with two attached hydrogens (primary N) is 1. The lowest BCUT2D eigenvalue weighted by Crippen LogP contribution is -2.55. The first kappa shape index (κ1) is 26.3. The standard InChI is InChI=1S/C22H28F2N3O6/c1-13(19(25)30)10-15(18(29)22(2)12-33-22)27-20(31)16(11-32-21(23)24)26-17(28)9-8-14-6-4-3-5-7-14/h3-7,9,13,15-16,21H,8,10-12H2,1-2H3,(H2,25,30)(H,26,28)(H,27,31)/t13-,15-,16-,22+/m0/s1. The van der Waals surface area contributed by atoms with E-state index in [4.69, 9.17) is 10.5 Å². The maximum Gasteiger partial charge on any atom is 0.345 e. The van der Waals surface area contributed by atoms with Gasteiger partial charge in [-0.05, 0) is 25.3 Å². The Labute approximate surface area is 190 Å². The molecule has 0 unspecified atom stereocenters. The first-order valence-electron chi connectivity index (χ1n) is 10.4. The molecule has 33 heavy (non-hydrogen) atoms. The van der Waals surface area contributed by atoms with Gasteiger partial charge in [0.2, 0.25) is 17.7 Å². The fourth-order valence-electron chi connectivity index (χ4n) is 3.00. The Morgan fingerprint density at radius 1 is 1.18 bits per heavy atom. The van der Waals surface area contributed by atoms with Crippen molar-refractivity contribution in [2.75, 3.05) is 13.2 Å². The Bertz CT molecular complexity index is 848. The molecule has 1 aromatic carbocycles. The Kier molecular flexibility index (Phi) is 9.42. The van der Waals surface area contributed by atoms with Crippen LogP contribution in [-0.2, 0) is 35.1 Å². The summed E-state index contributed by atoms with van der Waals surface area (Å²) in [7, 11) is 0. The van der Waals surface area contributed by atoms with E-state index in [-0.39, 0.29) is 19.4 Å². The highest BCUT2D eigenvalue weighted by Gasteiger charge is 2.50. The third kappa shape index (κ3) is 8.50. The van der Waals surface area contributed by atoms with E-state index in [2.05, 4.69) is 15.4 Å². The summed E-state index contributed by atoms with van der Waals surface area (Å²) in [6.45, 7) is -0.832. The molecule has 0 saturated carbocycles. The first-order valence-corrected chi connectivity index (χ1v) is 10.4. The minimum absolute atomic E-state index is 0.116. The number of nitrogens with one attached hydrogen (secondary N) is 2. The molecular formula is C22H28F2N3O6. The van der Waals surface area contributed by atoms with E-state index in [0.29, 0.717) is 0 Å². The van der Waals surface area contributed by atoms with Crippen LogP contribution in [0, 0.1) is 12.3 Å². The molecule has 181 valence electrons. The monoisotopic (exact) mass is 468 g/mol. The highest BCUT2D eigenvalue weighted by atomic mass is 19.3. The summed E-state index contributed by atoms with van der Waals surface area (Å²) in [6.07, 6.45) is 1.40. The van der Waals surface area contributed by atoms with Gasteiger partial charge in [0.05, 0.1) is 25.7 Å². The average molecular weight is 468 g/mol. The number of epoxide rings is 1. The Morgan fingerprint density at radius 3 is 2.36 bits per heavy atom. The molecule has 1 fully saturated rings. The average Bonchev–Trinajstić information content (AvgIpc) is 3.52. The van der Waals surface area contributed by atoms with Crippen molar-refractivity contribution in [2.24, 2.45) is 11.7 Å². The van der Waals surface area contributed by atoms with E-state index >= 15 is 0 Å². The fraction of sp³-hybridized carbons (Fsp3) is 0.500. The summed E-state index contributed by atoms with van der Waals surface area (Å²) in [5.41, 5.74) is 4.99. The zero-order valence-electron chi connectivity index (χ0n) is 18.4. The minimum Gasteiger partial charge on any atom is -0.369 e. The number of primary amides is 1. The number of Topliss-reactive ketones (excluding diaryl/α,β-unsaturated/α-hetero) is 1. The number of ketones is 1. The molecule has 1 heterocycles. The van der Waals surface area contributed by atoms with Crippen LogP contribution in [0.25, 0.3) is 0 Å². The van der Waals surface area contributed by atoms with Crippen LogP contribution in [0.1, 0.15) is 25.8 Å². The van der Waals surface area contributed by atoms with Crippen LogP contribution >= 0.6 is 0 Å². The molecule has 4 N–H and O–H groups in total. The van der Waals surface area contributed by atoms with Gasteiger partial charge in [-0.25, -0.2) is 0 Å². The number of alkyl halides is 2. The molecule has 4 atom stereocenters. The van der Waals surface area contributed by atoms with Crippen LogP contribution in [0.5, 0.6) is 0 Å². The number of hydrogen-bond acceptors (Lipinski definition) is 6. The Balaban J connectivity index is 2.06. The topological polar surface area (TPSA) is 140 Å². The number of carbonyl (C=O) groups excluding carboxylic acids is 4. The van der Waals surface area contributed by atoms with Crippen LogP contribution in [0.4, 0.5) is 8.78 Å². The van der Waals surface area contributed by atoms with Gasteiger partial charge in [0.1, 0.15) is 11.6 Å². The predicted molar refractivity (Wildman–Crippen MR) is 113 cm³/mol. The Hall–Kier alpha value is -2.92. The van der Waals surface area contributed by atoms with Crippen molar-refractivity contribution in [2.45, 2.75) is 51.0 Å². The number of halogens is 2. The van der Waals surface area contributed by atoms with Crippen LogP contribution in [0.2, 0.25) is 0 Å². The van der Waals surface area contributed by atoms with E-state index in [9.17, 15) is 28.0 Å². The molecule has 0 aromatic heterocycles. The van der Waals surface area contributed by atoms with Crippen LogP contribution in [0.3, 0.4) is 0 Å². The second-order valence-electron chi connectivity index (χ2n) is 8.03.